The van der Waals surface area contributed by atoms with Gasteiger partial charge >= 0.3 is 19.7 Å². The van der Waals surface area contributed by atoms with E-state index in [4.69, 9.17) is 0 Å². The van der Waals surface area contributed by atoms with Gasteiger partial charge in [-0.2, -0.15) is 18.3 Å². The zero-order chi connectivity index (χ0) is 27.8. The van der Waals surface area contributed by atoms with Crippen LogP contribution in [0.5, 0.6) is 0 Å². The molecule has 0 radical (unpaired) electrons. The van der Waals surface area contributed by atoms with E-state index in [1.165, 1.54) is 33.8 Å². The van der Waals surface area contributed by atoms with Crippen LogP contribution in [0.15, 0.2) is 46.2 Å². The Kier molecular flexibility index (Phi) is 7.48. The number of hydrogen-bond donors (Lipinski definition) is 2. The second kappa shape index (κ2) is 10.3. The van der Waals surface area contributed by atoms with E-state index in [-0.39, 0.29) is 42.2 Å². The molecule has 4 rings (SSSR count). The number of imidazole rings is 1. The van der Waals surface area contributed by atoms with E-state index in [1.54, 1.807) is 13.8 Å². The molecule has 0 spiro atoms. The fourth-order valence-corrected chi connectivity index (χ4v) is 4.34. The summed E-state index contributed by atoms with van der Waals surface area (Å²) in [6, 6.07) is 4.75. The smallest absolute Gasteiger partial charge is 0.303 e. The van der Waals surface area contributed by atoms with Crippen molar-refractivity contribution in [3.8, 4) is 11.4 Å². The molecule has 0 aliphatic rings. The number of fused-ring (bicyclic) bond motifs is 1. The zero-order valence-corrected chi connectivity index (χ0v) is 21.2. The van der Waals surface area contributed by atoms with Gasteiger partial charge in [0.25, 0.3) is 5.56 Å². The molecule has 16 heteroatoms. The Morgan fingerprint density at radius 2 is 1.84 bits per heavy atom. The van der Waals surface area contributed by atoms with Crippen LogP contribution in [0, 0.1) is 0 Å². The lowest BCUT2D eigenvalue weighted by Crippen LogP contribution is -2.40. The van der Waals surface area contributed by atoms with Crippen molar-refractivity contribution >= 4 is 19.0 Å². The van der Waals surface area contributed by atoms with Crippen LogP contribution in [0.2, 0.25) is 0 Å². The van der Waals surface area contributed by atoms with Crippen molar-refractivity contribution in [2.75, 3.05) is 0 Å². The zero-order valence-electron chi connectivity index (χ0n) is 20.3. The Labute approximate surface area is 212 Å². The molecule has 0 saturated heterocycles. The maximum atomic E-state index is 13.3. The summed E-state index contributed by atoms with van der Waals surface area (Å²) in [5.41, 5.74) is -1.60. The lowest BCUT2D eigenvalue weighted by molar-refractivity contribution is -0.137. The number of phosphoric ester groups is 1. The summed E-state index contributed by atoms with van der Waals surface area (Å²) < 4.78 is 60.1. The third kappa shape index (κ3) is 5.50. The molecule has 0 unspecified atom stereocenters. The van der Waals surface area contributed by atoms with Crippen LogP contribution in [0.25, 0.3) is 22.6 Å². The molecule has 38 heavy (non-hydrogen) atoms. The van der Waals surface area contributed by atoms with Crippen molar-refractivity contribution in [2.45, 2.75) is 52.8 Å². The third-order valence-corrected chi connectivity index (χ3v) is 6.17. The van der Waals surface area contributed by atoms with Gasteiger partial charge in [-0.05, 0) is 31.0 Å². The lowest BCUT2D eigenvalue weighted by atomic mass is 10.1. The normalized spacial score (nSPS) is 12.5. The van der Waals surface area contributed by atoms with Gasteiger partial charge in [0, 0.05) is 19.3 Å². The summed E-state index contributed by atoms with van der Waals surface area (Å²) in [5, 5.41) is 4.17. The predicted octanol–water partition coefficient (Wildman–Crippen LogP) is 2.79. The van der Waals surface area contributed by atoms with Crippen molar-refractivity contribution in [2.24, 2.45) is 0 Å². The highest BCUT2D eigenvalue weighted by Crippen LogP contribution is 2.37. The van der Waals surface area contributed by atoms with E-state index < -0.39 is 37.5 Å². The lowest BCUT2D eigenvalue weighted by Gasteiger charge is -2.12. The van der Waals surface area contributed by atoms with E-state index in [0.717, 1.165) is 21.3 Å². The number of nitrogens with zero attached hydrogens (tertiary/aromatic N) is 6. The van der Waals surface area contributed by atoms with Crippen LogP contribution < -0.4 is 11.2 Å². The Morgan fingerprint density at radius 1 is 1.11 bits per heavy atom. The van der Waals surface area contributed by atoms with Gasteiger partial charge in [-0.15, -0.1) is 0 Å². The second-order valence-electron chi connectivity index (χ2n) is 8.39. The molecule has 0 aliphatic heterocycles. The molecule has 0 bridgehead atoms. The topological polar surface area (TPSA) is 146 Å². The molecular formula is C22H24F3N6O6P. The van der Waals surface area contributed by atoms with Gasteiger partial charge in [-0.25, -0.2) is 14.3 Å². The van der Waals surface area contributed by atoms with Crippen LogP contribution in [0.4, 0.5) is 13.2 Å². The van der Waals surface area contributed by atoms with Crippen LogP contribution >= 0.6 is 7.82 Å². The summed E-state index contributed by atoms with van der Waals surface area (Å²) in [5.74, 6) is 0.0247. The highest BCUT2D eigenvalue weighted by atomic mass is 31.2. The highest BCUT2D eigenvalue weighted by Gasteiger charge is 2.30. The minimum atomic E-state index is -4.96. The molecule has 1 aromatic carbocycles. The Balaban J connectivity index is 1.85. The van der Waals surface area contributed by atoms with E-state index >= 15 is 0 Å². The maximum absolute atomic E-state index is 13.3. The number of halogens is 3. The summed E-state index contributed by atoms with van der Waals surface area (Å²) in [6.07, 6.45) is -1.24. The summed E-state index contributed by atoms with van der Waals surface area (Å²) in [7, 11) is -4.96. The average molecular weight is 556 g/mol. The molecule has 12 nitrogen and oxygen atoms in total. The summed E-state index contributed by atoms with van der Waals surface area (Å²) >= 11 is 0. The molecule has 4 aromatic rings. The summed E-state index contributed by atoms with van der Waals surface area (Å²) in [6.45, 7) is 2.95. The van der Waals surface area contributed by atoms with Gasteiger partial charge < -0.3 is 9.79 Å². The molecule has 0 amide bonds. The van der Waals surface area contributed by atoms with Crippen molar-refractivity contribution in [1.82, 2.24) is 28.5 Å². The molecule has 0 aliphatic carbocycles. The molecule has 0 saturated carbocycles. The monoisotopic (exact) mass is 556 g/mol. The van der Waals surface area contributed by atoms with Crippen molar-refractivity contribution < 1.29 is 32.0 Å². The maximum Gasteiger partial charge on any atom is 0.471 e. The minimum absolute atomic E-state index is 0.00945. The van der Waals surface area contributed by atoms with E-state index in [2.05, 4.69) is 14.6 Å². The van der Waals surface area contributed by atoms with Gasteiger partial charge in [0.1, 0.15) is 12.6 Å². The van der Waals surface area contributed by atoms with Crippen LogP contribution in [0.1, 0.15) is 31.4 Å². The predicted molar refractivity (Wildman–Crippen MR) is 129 cm³/mol. The Hall–Kier alpha value is -3.52. The van der Waals surface area contributed by atoms with E-state index in [9.17, 15) is 37.1 Å². The first-order valence-corrected chi connectivity index (χ1v) is 13.0. The number of benzene rings is 1. The van der Waals surface area contributed by atoms with Crippen LogP contribution in [-0.2, 0) is 41.6 Å². The number of rotatable bonds is 9. The first-order valence-electron chi connectivity index (χ1n) is 11.5. The number of hydrogen-bond acceptors (Lipinski definition) is 6. The molecule has 3 aromatic heterocycles. The van der Waals surface area contributed by atoms with E-state index in [0.29, 0.717) is 12.0 Å². The fraction of sp³-hybridized carbons (Fsp3) is 0.364. The van der Waals surface area contributed by atoms with Crippen LogP contribution in [0.3, 0.4) is 0 Å². The fourth-order valence-electron chi connectivity index (χ4n) is 4.07. The van der Waals surface area contributed by atoms with Gasteiger partial charge in [-0.3, -0.25) is 27.7 Å². The molecule has 0 atom stereocenters. The number of aryl methyl sites for hydroxylation is 1. The van der Waals surface area contributed by atoms with Gasteiger partial charge in [0.05, 0.1) is 23.9 Å². The van der Waals surface area contributed by atoms with Gasteiger partial charge in [0.2, 0.25) is 0 Å². The first kappa shape index (κ1) is 27.5. The number of phosphoric acid groups is 1. The molecule has 3 heterocycles. The first-order chi connectivity index (χ1) is 17.8. The molecule has 2 N–H and O–H groups in total. The Bertz CT molecular complexity index is 1650. The van der Waals surface area contributed by atoms with Gasteiger partial charge in [-0.1, -0.05) is 19.1 Å². The molecular weight excluding hydrogens is 532 g/mol. The Morgan fingerprint density at radius 3 is 2.47 bits per heavy atom. The quantitative estimate of drug-likeness (QED) is 0.299. The van der Waals surface area contributed by atoms with Crippen molar-refractivity contribution in [1.29, 1.82) is 0 Å². The second-order valence-corrected chi connectivity index (χ2v) is 9.63. The SMILES string of the molecule is CCCn1c(=O)c2c(nc(-c3cnn(Cc4cccc(C(F)(F)F)c4)c3)n2COP(=O)(O)O)n(CC)c1=O. The standard InChI is InChI=1S/C22H24F3N6O6P/c1-3-8-30-20(32)17-19(29(4-2)21(30)33)27-18(31(17)13-37-38(34,35)36)15-10-26-28(12-15)11-14-6-5-7-16(9-14)22(23,24)25/h5-7,9-10,12H,3-4,8,11,13H2,1-2H3,(H2,34,35,36). The number of aromatic nitrogens is 6. The van der Waals surface area contributed by atoms with Crippen molar-refractivity contribution in [3.05, 3.63) is 68.6 Å². The number of alkyl halides is 3. The van der Waals surface area contributed by atoms with Crippen LogP contribution in [-0.4, -0.2) is 38.3 Å². The third-order valence-electron chi connectivity index (χ3n) is 5.72. The average Bonchev–Trinajstić information content (AvgIpc) is 3.44. The largest absolute Gasteiger partial charge is 0.471 e. The molecule has 0 fully saturated rings. The van der Waals surface area contributed by atoms with E-state index in [1.807, 2.05) is 0 Å². The molecule has 204 valence electrons. The minimum Gasteiger partial charge on any atom is -0.303 e. The summed E-state index contributed by atoms with van der Waals surface area (Å²) in [4.78, 5) is 49.2. The highest BCUT2D eigenvalue weighted by molar-refractivity contribution is 7.46. The van der Waals surface area contributed by atoms with Crippen molar-refractivity contribution in [3.63, 3.8) is 0 Å². The van der Waals surface area contributed by atoms with Gasteiger partial charge in [0.15, 0.2) is 11.2 Å².